The van der Waals surface area contributed by atoms with E-state index >= 15 is 0 Å². The van der Waals surface area contributed by atoms with Gasteiger partial charge in [0, 0.05) is 12.1 Å². The van der Waals surface area contributed by atoms with Gasteiger partial charge in [-0.3, -0.25) is 20.2 Å². The van der Waals surface area contributed by atoms with Gasteiger partial charge in [-0.25, -0.2) is 9.78 Å². The van der Waals surface area contributed by atoms with Crippen LogP contribution in [0.2, 0.25) is 0 Å². The number of hydrogen-bond donors (Lipinski definition) is 0. The first kappa shape index (κ1) is 14.3. The van der Waals surface area contributed by atoms with Crippen LogP contribution in [0.3, 0.4) is 0 Å². The molecule has 0 saturated carbocycles. The molecule has 0 aliphatic rings. The molecule has 0 unspecified atom stereocenters. The molecule has 9 nitrogen and oxygen atoms in total. The minimum atomic E-state index is -0.976. The lowest BCUT2D eigenvalue weighted by atomic mass is 10.1. The van der Waals surface area contributed by atoms with E-state index in [9.17, 15) is 25.0 Å². The highest BCUT2D eigenvalue weighted by Gasteiger charge is 2.22. The van der Waals surface area contributed by atoms with Gasteiger partial charge in [0.05, 0.1) is 15.4 Å². The Morgan fingerprint density at radius 2 is 1.57 bits per heavy atom. The SMILES string of the molecule is O=c1oc(-c2ccccc2[N+](=O)[O-])nc2cccc([N+](=O)[O-])c12. The van der Waals surface area contributed by atoms with Crippen molar-refractivity contribution in [2.45, 2.75) is 0 Å². The average molecular weight is 313 g/mol. The Morgan fingerprint density at radius 1 is 0.913 bits per heavy atom. The number of nitro benzene ring substituents is 2. The van der Waals surface area contributed by atoms with Gasteiger partial charge in [0.15, 0.2) is 5.39 Å². The molecule has 0 amide bonds. The second kappa shape index (κ2) is 5.30. The number of hydrogen-bond acceptors (Lipinski definition) is 7. The van der Waals surface area contributed by atoms with Gasteiger partial charge in [-0.1, -0.05) is 18.2 Å². The van der Waals surface area contributed by atoms with Crippen LogP contribution in [0, 0.1) is 20.2 Å². The lowest BCUT2D eigenvalue weighted by molar-refractivity contribution is -0.384. The molecule has 3 rings (SSSR count). The molecule has 0 bridgehead atoms. The molecule has 3 aromatic rings. The lowest BCUT2D eigenvalue weighted by Crippen LogP contribution is -2.06. The average Bonchev–Trinajstić information content (AvgIpc) is 2.54. The molecule has 0 aliphatic carbocycles. The quantitative estimate of drug-likeness (QED) is 0.536. The standard InChI is InChI=1S/C14H7N3O6/c18-14-12-9(5-3-7-11(12)17(21)22)15-13(23-14)8-4-1-2-6-10(8)16(19)20/h1-7H. The number of nitrogens with zero attached hydrogens (tertiary/aromatic N) is 3. The van der Waals surface area contributed by atoms with Crippen molar-refractivity contribution in [3.63, 3.8) is 0 Å². The molecular weight excluding hydrogens is 306 g/mol. The van der Waals surface area contributed by atoms with E-state index < -0.39 is 21.2 Å². The van der Waals surface area contributed by atoms with Gasteiger partial charge >= 0.3 is 5.63 Å². The first-order valence-corrected chi connectivity index (χ1v) is 6.31. The minimum absolute atomic E-state index is 0.0167. The molecule has 0 fully saturated rings. The summed E-state index contributed by atoms with van der Waals surface area (Å²) < 4.78 is 4.98. The summed E-state index contributed by atoms with van der Waals surface area (Å²) in [6.45, 7) is 0. The Labute approximate surface area is 127 Å². The molecule has 0 N–H and O–H groups in total. The number of fused-ring (bicyclic) bond motifs is 1. The van der Waals surface area contributed by atoms with E-state index in [1.165, 1.54) is 36.4 Å². The van der Waals surface area contributed by atoms with Crippen molar-refractivity contribution >= 4 is 22.3 Å². The van der Waals surface area contributed by atoms with Gasteiger partial charge < -0.3 is 4.42 Å². The first-order valence-electron chi connectivity index (χ1n) is 6.31. The predicted octanol–water partition coefficient (Wildman–Crippen LogP) is 2.67. The fraction of sp³-hybridized carbons (Fsp3) is 0. The molecule has 2 aromatic carbocycles. The van der Waals surface area contributed by atoms with Crippen LogP contribution in [0.4, 0.5) is 11.4 Å². The summed E-state index contributed by atoms with van der Waals surface area (Å²) in [5, 5.41) is 21.8. The highest BCUT2D eigenvalue weighted by molar-refractivity contribution is 5.87. The largest absolute Gasteiger partial charge is 0.403 e. The Balaban J connectivity index is 2.33. The van der Waals surface area contributed by atoms with Crippen LogP contribution in [0.5, 0.6) is 0 Å². The zero-order chi connectivity index (χ0) is 16.6. The fourth-order valence-electron chi connectivity index (χ4n) is 2.18. The number of para-hydroxylation sites is 1. The van der Waals surface area contributed by atoms with Gasteiger partial charge in [-0.15, -0.1) is 0 Å². The molecule has 9 heteroatoms. The summed E-state index contributed by atoms with van der Waals surface area (Å²) in [6.07, 6.45) is 0. The van der Waals surface area contributed by atoms with Crippen LogP contribution in [-0.4, -0.2) is 14.8 Å². The molecule has 0 atom stereocenters. The van der Waals surface area contributed by atoms with Gasteiger partial charge in [-0.2, -0.15) is 0 Å². The molecule has 0 saturated heterocycles. The topological polar surface area (TPSA) is 129 Å². The number of aromatic nitrogens is 1. The van der Waals surface area contributed by atoms with Gasteiger partial charge in [0.1, 0.15) is 5.56 Å². The zero-order valence-corrected chi connectivity index (χ0v) is 11.3. The summed E-state index contributed by atoms with van der Waals surface area (Å²) in [7, 11) is 0. The third-order valence-electron chi connectivity index (χ3n) is 3.16. The van der Waals surface area contributed by atoms with E-state index in [4.69, 9.17) is 4.42 Å². The van der Waals surface area contributed by atoms with Crippen molar-refractivity contribution in [3.05, 3.63) is 73.1 Å². The van der Waals surface area contributed by atoms with Crippen LogP contribution in [0.25, 0.3) is 22.4 Å². The van der Waals surface area contributed by atoms with Crippen molar-refractivity contribution in [1.29, 1.82) is 0 Å². The normalized spacial score (nSPS) is 10.6. The third-order valence-corrected chi connectivity index (χ3v) is 3.16. The van der Waals surface area contributed by atoms with Crippen LogP contribution in [0.15, 0.2) is 51.7 Å². The number of rotatable bonds is 3. The maximum atomic E-state index is 12.1. The molecule has 114 valence electrons. The summed E-state index contributed by atoms with van der Waals surface area (Å²) in [5.41, 5.74) is -1.65. The smallest absolute Gasteiger partial charge is 0.354 e. The van der Waals surface area contributed by atoms with Crippen molar-refractivity contribution < 1.29 is 14.3 Å². The van der Waals surface area contributed by atoms with Crippen molar-refractivity contribution in [2.75, 3.05) is 0 Å². The summed E-state index contributed by atoms with van der Waals surface area (Å²) in [6, 6.07) is 9.55. The van der Waals surface area contributed by atoms with E-state index in [1.807, 2.05) is 0 Å². The maximum absolute atomic E-state index is 12.1. The molecule has 1 aromatic heterocycles. The van der Waals surface area contributed by atoms with Crippen LogP contribution < -0.4 is 5.63 Å². The molecule has 23 heavy (non-hydrogen) atoms. The minimum Gasteiger partial charge on any atom is -0.403 e. The Morgan fingerprint density at radius 3 is 2.26 bits per heavy atom. The van der Waals surface area contributed by atoms with E-state index in [1.54, 1.807) is 0 Å². The van der Waals surface area contributed by atoms with Gasteiger partial charge in [0.2, 0.25) is 5.89 Å². The molecular formula is C14H7N3O6. The van der Waals surface area contributed by atoms with E-state index in [0.717, 1.165) is 6.07 Å². The summed E-state index contributed by atoms with van der Waals surface area (Å²) >= 11 is 0. The Bertz CT molecular complexity index is 1010. The fourth-order valence-corrected chi connectivity index (χ4v) is 2.18. The van der Waals surface area contributed by atoms with E-state index in [2.05, 4.69) is 4.98 Å². The number of nitro groups is 2. The first-order chi connectivity index (χ1) is 11.0. The highest BCUT2D eigenvalue weighted by Crippen LogP contribution is 2.29. The zero-order valence-electron chi connectivity index (χ0n) is 11.3. The van der Waals surface area contributed by atoms with Crippen LogP contribution in [0.1, 0.15) is 0 Å². The Hall–Kier alpha value is -3.62. The van der Waals surface area contributed by atoms with Crippen LogP contribution in [-0.2, 0) is 0 Å². The number of benzene rings is 2. The Kier molecular flexibility index (Phi) is 3.30. The second-order valence-electron chi connectivity index (χ2n) is 4.51. The third kappa shape index (κ3) is 2.39. The maximum Gasteiger partial charge on any atom is 0.354 e. The van der Waals surface area contributed by atoms with E-state index in [-0.39, 0.29) is 28.0 Å². The van der Waals surface area contributed by atoms with Crippen molar-refractivity contribution in [1.82, 2.24) is 4.98 Å². The second-order valence-corrected chi connectivity index (χ2v) is 4.51. The van der Waals surface area contributed by atoms with Gasteiger partial charge in [0.25, 0.3) is 11.4 Å². The van der Waals surface area contributed by atoms with Crippen LogP contribution >= 0.6 is 0 Å². The highest BCUT2D eigenvalue weighted by atomic mass is 16.6. The van der Waals surface area contributed by atoms with Crippen molar-refractivity contribution in [2.24, 2.45) is 0 Å². The number of non-ortho nitro benzene ring substituents is 1. The molecule has 0 aliphatic heterocycles. The summed E-state index contributed by atoms with van der Waals surface area (Å²) in [4.78, 5) is 36.8. The lowest BCUT2D eigenvalue weighted by Gasteiger charge is -2.03. The summed E-state index contributed by atoms with van der Waals surface area (Å²) in [5.74, 6) is -0.268. The molecule has 1 heterocycles. The predicted molar refractivity (Wildman–Crippen MR) is 79.0 cm³/mol. The molecule has 0 radical (unpaired) electrons. The van der Waals surface area contributed by atoms with Crippen molar-refractivity contribution in [3.8, 4) is 11.5 Å². The monoisotopic (exact) mass is 313 g/mol. The van der Waals surface area contributed by atoms with E-state index in [0.29, 0.717) is 0 Å². The van der Waals surface area contributed by atoms with Gasteiger partial charge in [-0.05, 0) is 12.1 Å². The molecule has 0 spiro atoms.